The van der Waals surface area contributed by atoms with E-state index >= 15 is 0 Å². The molecule has 1 N–H and O–H groups in total. The van der Waals surface area contributed by atoms with Crippen molar-refractivity contribution >= 4 is 31.5 Å². The zero-order chi connectivity index (χ0) is 24.9. The normalized spacial score (nSPS) is 12.7. The number of benzene rings is 3. The highest BCUT2D eigenvalue weighted by Gasteiger charge is 2.28. The average molecular weight is 501 g/mol. The molecule has 34 heavy (non-hydrogen) atoms. The maximum atomic E-state index is 13.5. The lowest BCUT2D eigenvalue weighted by Crippen LogP contribution is -2.42. The van der Waals surface area contributed by atoms with Crippen LogP contribution in [0.2, 0.25) is 0 Å². The largest absolute Gasteiger partial charge is 0.348 e. The van der Waals surface area contributed by atoms with Gasteiger partial charge in [0.25, 0.3) is 10.0 Å². The number of nitrogens with zero attached hydrogens (tertiary/aromatic N) is 1. The third-order valence-corrected chi connectivity index (χ3v) is 8.35. The first-order valence-corrected chi connectivity index (χ1v) is 14.1. The molecule has 0 spiro atoms. The second-order valence-corrected chi connectivity index (χ2v) is 11.8. The summed E-state index contributed by atoms with van der Waals surface area (Å²) >= 11 is 0. The summed E-state index contributed by atoms with van der Waals surface area (Å²) in [6.07, 6.45) is 1.73. The standard InChI is InChI=1S/C25H28N2O5S2/c1-4-20-10-8-9-13-24(20)27(34(31,32)23-11-6-5-7-12-23)18-25(28)26-19(2)21-14-16-22(17-15-21)33(3,29)30/h5-17,19H,4,18H2,1-3H3,(H,26,28). The van der Waals surface area contributed by atoms with Gasteiger partial charge in [0.1, 0.15) is 6.54 Å². The minimum absolute atomic E-state index is 0.0955. The van der Waals surface area contributed by atoms with E-state index in [0.29, 0.717) is 17.7 Å². The fraction of sp³-hybridized carbons (Fsp3) is 0.240. The zero-order valence-electron chi connectivity index (χ0n) is 19.3. The van der Waals surface area contributed by atoms with Crippen LogP contribution in [0.15, 0.2) is 88.7 Å². The summed E-state index contributed by atoms with van der Waals surface area (Å²) in [7, 11) is -7.32. The molecule has 3 rings (SSSR count). The quantitative estimate of drug-likeness (QED) is 0.483. The number of sulfone groups is 1. The fourth-order valence-electron chi connectivity index (χ4n) is 3.58. The van der Waals surface area contributed by atoms with Crippen molar-refractivity contribution in [2.45, 2.75) is 36.1 Å². The van der Waals surface area contributed by atoms with Crippen molar-refractivity contribution in [2.75, 3.05) is 17.1 Å². The van der Waals surface area contributed by atoms with Crippen LogP contribution in [0.5, 0.6) is 0 Å². The molecular formula is C25H28N2O5S2. The first kappa shape index (κ1) is 25.5. The number of amides is 1. The molecule has 1 amide bonds. The van der Waals surface area contributed by atoms with Gasteiger partial charge in [0.15, 0.2) is 9.84 Å². The van der Waals surface area contributed by atoms with Crippen molar-refractivity contribution in [3.8, 4) is 0 Å². The Morgan fingerprint density at radius 2 is 1.44 bits per heavy atom. The number of nitrogens with one attached hydrogen (secondary N) is 1. The molecular weight excluding hydrogens is 472 g/mol. The molecule has 0 radical (unpaired) electrons. The van der Waals surface area contributed by atoms with Crippen LogP contribution in [0.25, 0.3) is 0 Å². The average Bonchev–Trinajstić information content (AvgIpc) is 2.82. The molecule has 7 nitrogen and oxygen atoms in total. The highest BCUT2D eigenvalue weighted by Crippen LogP contribution is 2.27. The van der Waals surface area contributed by atoms with E-state index in [0.717, 1.165) is 16.1 Å². The SMILES string of the molecule is CCc1ccccc1N(CC(=O)NC(C)c1ccc(S(C)(=O)=O)cc1)S(=O)(=O)c1ccccc1. The van der Waals surface area contributed by atoms with Gasteiger partial charge in [-0.15, -0.1) is 0 Å². The number of hydrogen-bond donors (Lipinski definition) is 1. The fourth-order valence-corrected chi connectivity index (χ4v) is 5.69. The summed E-state index contributed by atoms with van der Waals surface area (Å²) < 4.78 is 51.5. The van der Waals surface area contributed by atoms with Gasteiger partial charge < -0.3 is 5.32 Å². The van der Waals surface area contributed by atoms with Crippen LogP contribution < -0.4 is 9.62 Å². The minimum Gasteiger partial charge on any atom is -0.348 e. The van der Waals surface area contributed by atoms with E-state index in [1.807, 2.05) is 19.1 Å². The van der Waals surface area contributed by atoms with Gasteiger partial charge in [0, 0.05) is 6.26 Å². The van der Waals surface area contributed by atoms with Crippen molar-refractivity contribution < 1.29 is 21.6 Å². The summed E-state index contributed by atoms with van der Waals surface area (Å²) in [4.78, 5) is 13.3. The topological polar surface area (TPSA) is 101 Å². The third-order valence-electron chi connectivity index (χ3n) is 5.45. The van der Waals surface area contributed by atoms with Crippen LogP contribution in [0.4, 0.5) is 5.69 Å². The maximum Gasteiger partial charge on any atom is 0.264 e. The van der Waals surface area contributed by atoms with Crippen LogP contribution in [-0.4, -0.2) is 35.5 Å². The molecule has 3 aromatic carbocycles. The Morgan fingerprint density at radius 3 is 2.03 bits per heavy atom. The van der Waals surface area contributed by atoms with Crippen molar-refractivity contribution in [3.05, 3.63) is 90.0 Å². The van der Waals surface area contributed by atoms with E-state index in [4.69, 9.17) is 0 Å². The Bertz CT molecular complexity index is 1350. The van der Waals surface area contributed by atoms with E-state index in [1.54, 1.807) is 49.4 Å². The van der Waals surface area contributed by atoms with E-state index in [9.17, 15) is 21.6 Å². The smallest absolute Gasteiger partial charge is 0.264 e. The van der Waals surface area contributed by atoms with Crippen LogP contribution in [0, 0.1) is 0 Å². The predicted molar refractivity (Wildman–Crippen MR) is 133 cm³/mol. The first-order valence-electron chi connectivity index (χ1n) is 10.8. The predicted octanol–water partition coefficient (Wildman–Crippen LogP) is 3.73. The summed E-state index contributed by atoms with van der Waals surface area (Å²) in [5.74, 6) is -0.481. The van der Waals surface area contributed by atoms with Gasteiger partial charge in [-0.2, -0.15) is 0 Å². The Balaban J connectivity index is 1.88. The Kier molecular flexibility index (Phi) is 7.78. The summed E-state index contributed by atoms with van der Waals surface area (Å²) in [5, 5.41) is 2.82. The van der Waals surface area contributed by atoms with Crippen molar-refractivity contribution in [1.82, 2.24) is 5.32 Å². The van der Waals surface area contributed by atoms with Gasteiger partial charge in [0.2, 0.25) is 5.91 Å². The van der Waals surface area contributed by atoms with Crippen molar-refractivity contribution in [3.63, 3.8) is 0 Å². The molecule has 0 bridgehead atoms. The molecule has 9 heteroatoms. The molecule has 0 saturated carbocycles. The number of aryl methyl sites for hydroxylation is 1. The molecule has 0 saturated heterocycles. The van der Waals surface area contributed by atoms with Gasteiger partial charge in [-0.3, -0.25) is 9.10 Å². The zero-order valence-corrected chi connectivity index (χ0v) is 20.9. The van der Waals surface area contributed by atoms with Gasteiger partial charge >= 0.3 is 0 Å². The van der Waals surface area contributed by atoms with Crippen LogP contribution in [0.1, 0.15) is 31.0 Å². The number of rotatable bonds is 9. The lowest BCUT2D eigenvalue weighted by Gasteiger charge is -2.27. The highest BCUT2D eigenvalue weighted by atomic mass is 32.2. The third kappa shape index (κ3) is 5.84. The number of carbonyl (C=O) groups is 1. The molecule has 1 unspecified atom stereocenters. The van der Waals surface area contributed by atoms with Crippen molar-refractivity contribution in [1.29, 1.82) is 0 Å². The molecule has 1 atom stereocenters. The van der Waals surface area contributed by atoms with E-state index in [1.165, 1.54) is 24.3 Å². The molecule has 0 aromatic heterocycles. The highest BCUT2D eigenvalue weighted by molar-refractivity contribution is 7.93. The lowest BCUT2D eigenvalue weighted by atomic mass is 10.1. The van der Waals surface area contributed by atoms with Gasteiger partial charge in [-0.25, -0.2) is 16.8 Å². The lowest BCUT2D eigenvalue weighted by molar-refractivity contribution is -0.120. The second-order valence-electron chi connectivity index (χ2n) is 7.94. The Labute approximate surface area is 201 Å². The molecule has 3 aromatic rings. The van der Waals surface area contributed by atoms with Gasteiger partial charge in [0.05, 0.1) is 21.5 Å². The molecule has 0 aliphatic heterocycles. The molecule has 0 fully saturated rings. The number of carbonyl (C=O) groups excluding carboxylic acids is 1. The number of anilines is 1. The van der Waals surface area contributed by atoms with E-state index in [-0.39, 0.29) is 9.79 Å². The summed E-state index contributed by atoms with van der Waals surface area (Å²) in [5.41, 5.74) is 1.96. The van der Waals surface area contributed by atoms with E-state index in [2.05, 4.69) is 5.32 Å². The van der Waals surface area contributed by atoms with Crippen LogP contribution in [0.3, 0.4) is 0 Å². The molecule has 0 heterocycles. The first-order chi connectivity index (χ1) is 16.0. The van der Waals surface area contributed by atoms with Crippen LogP contribution in [-0.2, 0) is 31.1 Å². The monoisotopic (exact) mass is 500 g/mol. The number of para-hydroxylation sites is 1. The minimum atomic E-state index is -4.00. The summed E-state index contributed by atoms with van der Waals surface area (Å²) in [6, 6.07) is 20.9. The molecule has 0 aliphatic carbocycles. The maximum absolute atomic E-state index is 13.5. The Hall–Kier alpha value is -3.17. The Morgan fingerprint density at radius 1 is 0.853 bits per heavy atom. The van der Waals surface area contributed by atoms with Crippen LogP contribution >= 0.6 is 0 Å². The molecule has 180 valence electrons. The second kappa shape index (κ2) is 10.4. The van der Waals surface area contributed by atoms with E-state index < -0.39 is 38.4 Å². The van der Waals surface area contributed by atoms with Crippen molar-refractivity contribution in [2.24, 2.45) is 0 Å². The number of sulfonamides is 1. The summed E-state index contributed by atoms with van der Waals surface area (Å²) in [6.45, 7) is 3.28. The number of hydrogen-bond acceptors (Lipinski definition) is 5. The van der Waals surface area contributed by atoms with Gasteiger partial charge in [-0.1, -0.05) is 55.5 Å². The molecule has 0 aliphatic rings. The van der Waals surface area contributed by atoms with Gasteiger partial charge in [-0.05, 0) is 54.8 Å².